The van der Waals surface area contributed by atoms with Crippen LogP contribution in [0, 0.1) is 0 Å². The SMILES string of the molecule is CCCNCCNS(=O)(=O)c1c[nH]c2ncccc12. The molecule has 0 amide bonds. The van der Waals surface area contributed by atoms with Gasteiger partial charge < -0.3 is 10.3 Å². The molecule has 0 spiro atoms. The Morgan fingerprint density at radius 1 is 1.32 bits per heavy atom. The Morgan fingerprint density at radius 3 is 2.95 bits per heavy atom. The van der Waals surface area contributed by atoms with Gasteiger partial charge in [-0.15, -0.1) is 0 Å². The number of nitrogens with one attached hydrogen (secondary N) is 3. The number of nitrogens with zero attached hydrogens (tertiary/aromatic N) is 1. The quantitative estimate of drug-likeness (QED) is 0.657. The number of fused-ring (bicyclic) bond motifs is 1. The van der Waals surface area contributed by atoms with Crippen LogP contribution in [0.5, 0.6) is 0 Å². The number of rotatable bonds is 7. The average Bonchev–Trinajstić information content (AvgIpc) is 2.83. The fraction of sp³-hybridized carbons (Fsp3) is 0.417. The zero-order valence-electron chi connectivity index (χ0n) is 10.8. The first-order chi connectivity index (χ1) is 9.15. The first kappa shape index (κ1) is 14.0. The van der Waals surface area contributed by atoms with Crippen LogP contribution in [-0.4, -0.2) is 38.0 Å². The zero-order chi connectivity index (χ0) is 13.7. The van der Waals surface area contributed by atoms with Crippen LogP contribution in [0.3, 0.4) is 0 Å². The van der Waals surface area contributed by atoms with E-state index in [1.807, 2.05) is 0 Å². The van der Waals surface area contributed by atoms with Gasteiger partial charge in [-0.25, -0.2) is 18.1 Å². The largest absolute Gasteiger partial charge is 0.345 e. The number of aromatic nitrogens is 2. The van der Waals surface area contributed by atoms with Gasteiger partial charge in [-0.05, 0) is 25.1 Å². The van der Waals surface area contributed by atoms with Crippen LogP contribution >= 0.6 is 0 Å². The van der Waals surface area contributed by atoms with E-state index in [0.717, 1.165) is 13.0 Å². The second-order valence-electron chi connectivity index (χ2n) is 4.20. The Labute approximate surface area is 112 Å². The Balaban J connectivity index is 2.07. The molecule has 104 valence electrons. The standard InChI is InChI=1S/C12H18N4O2S/c1-2-5-13-7-8-16-19(17,18)11-9-15-12-10(11)4-3-6-14-12/h3-4,6,9,13,16H,2,5,7-8H2,1H3,(H,14,15). The molecule has 0 radical (unpaired) electrons. The van der Waals surface area contributed by atoms with Crippen molar-refractivity contribution in [1.29, 1.82) is 0 Å². The van der Waals surface area contributed by atoms with Gasteiger partial charge >= 0.3 is 0 Å². The molecule has 0 saturated carbocycles. The summed E-state index contributed by atoms with van der Waals surface area (Å²) in [4.78, 5) is 7.18. The van der Waals surface area contributed by atoms with Crippen molar-refractivity contribution in [2.75, 3.05) is 19.6 Å². The highest BCUT2D eigenvalue weighted by Crippen LogP contribution is 2.20. The monoisotopic (exact) mass is 282 g/mol. The van der Waals surface area contributed by atoms with E-state index in [1.54, 1.807) is 18.3 Å². The zero-order valence-corrected chi connectivity index (χ0v) is 11.6. The average molecular weight is 282 g/mol. The van der Waals surface area contributed by atoms with E-state index in [4.69, 9.17) is 0 Å². The van der Waals surface area contributed by atoms with Crippen LogP contribution in [0.15, 0.2) is 29.4 Å². The third kappa shape index (κ3) is 3.31. The second kappa shape index (κ2) is 6.14. The number of aromatic amines is 1. The predicted octanol–water partition coefficient (Wildman–Crippen LogP) is 0.841. The first-order valence-electron chi connectivity index (χ1n) is 6.27. The van der Waals surface area contributed by atoms with Gasteiger partial charge in [0.1, 0.15) is 10.5 Å². The summed E-state index contributed by atoms with van der Waals surface area (Å²) in [7, 11) is -3.49. The molecule has 0 aliphatic carbocycles. The molecular weight excluding hydrogens is 264 g/mol. The molecule has 2 aromatic rings. The van der Waals surface area contributed by atoms with E-state index in [2.05, 4.69) is 26.9 Å². The van der Waals surface area contributed by atoms with Crippen LogP contribution in [0.2, 0.25) is 0 Å². The molecule has 0 saturated heterocycles. The van der Waals surface area contributed by atoms with Gasteiger partial charge in [-0.3, -0.25) is 0 Å². The topological polar surface area (TPSA) is 86.9 Å². The van der Waals surface area contributed by atoms with Crippen molar-refractivity contribution in [1.82, 2.24) is 20.0 Å². The fourth-order valence-electron chi connectivity index (χ4n) is 1.81. The highest BCUT2D eigenvalue weighted by atomic mass is 32.2. The maximum atomic E-state index is 12.2. The number of hydrogen-bond acceptors (Lipinski definition) is 4. The fourth-order valence-corrected chi connectivity index (χ4v) is 3.00. The predicted molar refractivity (Wildman–Crippen MR) is 74.4 cm³/mol. The van der Waals surface area contributed by atoms with Gasteiger partial charge in [0.05, 0.1) is 0 Å². The number of sulfonamides is 1. The van der Waals surface area contributed by atoms with E-state index in [0.29, 0.717) is 24.1 Å². The summed E-state index contributed by atoms with van der Waals surface area (Å²) < 4.78 is 26.9. The minimum atomic E-state index is -3.49. The van der Waals surface area contributed by atoms with E-state index in [9.17, 15) is 8.42 Å². The molecule has 0 atom stereocenters. The molecule has 0 bridgehead atoms. The summed E-state index contributed by atoms with van der Waals surface area (Å²) in [6.07, 6.45) is 4.12. The summed E-state index contributed by atoms with van der Waals surface area (Å²) in [5.74, 6) is 0. The summed E-state index contributed by atoms with van der Waals surface area (Å²) in [6.45, 7) is 3.94. The lowest BCUT2D eigenvalue weighted by Gasteiger charge is -2.06. The Bertz CT molecular complexity index is 636. The maximum Gasteiger partial charge on any atom is 0.242 e. The molecule has 0 aliphatic rings. The minimum Gasteiger partial charge on any atom is -0.345 e. The van der Waals surface area contributed by atoms with E-state index in [1.165, 1.54) is 6.20 Å². The van der Waals surface area contributed by atoms with Crippen LogP contribution < -0.4 is 10.0 Å². The van der Waals surface area contributed by atoms with Crippen LogP contribution in [0.25, 0.3) is 11.0 Å². The van der Waals surface area contributed by atoms with Crippen molar-refractivity contribution in [3.8, 4) is 0 Å². The van der Waals surface area contributed by atoms with Crippen molar-refractivity contribution in [3.05, 3.63) is 24.5 Å². The van der Waals surface area contributed by atoms with Gasteiger partial charge in [0.25, 0.3) is 0 Å². The minimum absolute atomic E-state index is 0.242. The van der Waals surface area contributed by atoms with Crippen LogP contribution in [-0.2, 0) is 10.0 Å². The number of hydrogen-bond donors (Lipinski definition) is 3. The molecule has 0 aromatic carbocycles. The molecular formula is C12H18N4O2S. The van der Waals surface area contributed by atoms with Crippen molar-refractivity contribution in [2.45, 2.75) is 18.2 Å². The van der Waals surface area contributed by atoms with Gasteiger partial charge in [0.15, 0.2) is 0 Å². The normalized spacial score (nSPS) is 12.1. The van der Waals surface area contributed by atoms with Crippen LogP contribution in [0.1, 0.15) is 13.3 Å². The molecule has 0 unspecified atom stereocenters. The lowest BCUT2D eigenvalue weighted by Crippen LogP contribution is -2.32. The molecule has 7 heteroatoms. The van der Waals surface area contributed by atoms with Crippen molar-refractivity contribution >= 4 is 21.1 Å². The molecule has 19 heavy (non-hydrogen) atoms. The molecule has 0 fully saturated rings. The molecule has 6 nitrogen and oxygen atoms in total. The summed E-state index contributed by atoms with van der Waals surface area (Å²) in [5, 5.41) is 3.75. The molecule has 0 aliphatic heterocycles. The number of pyridine rings is 1. The second-order valence-corrected chi connectivity index (χ2v) is 5.94. The van der Waals surface area contributed by atoms with Crippen molar-refractivity contribution < 1.29 is 8.42 Å². The third-order valence-electron chi connectivity index (χ3n) is 2.72. The van der Waals surface area contributed by atoms with Crippen LogP contribution in [0.4, 0.5) is 0 Å². The first-order valence-corrected chi connectivity index (χ1v) is 7.76. The highest BCUT2D eigenvalue weighted by molar-refractivity contribution is 7.89. The van der Waals surface area contributed by atoms with Crippen molar-refractivity contribution in [2.24, 2.45) is 0 Å². The maximum absolute atomic E-state index is 12.2. The molecule has 2 heterocycles. The Morgan fingerprint density at radius 2 is 2.16 bits per heavy atom. The van der Waals surface area contributed by atoms with Gasteiger partial charge in [0, 0.05) is 30.9 Å². The van der Waals surface area contributed by atoms with E-state index < -0.39 is 10.0 Å². The summed E-state index contributed by atoms with van der Waals surface area (Å²) in [6, 6.07) is 3.46. The summed E-state index contributed by atoms with van der Waals surface area (Å²) in [5.41, 5.74) is 0.576. The molecule has 2 aromatic heterocycles. The van der Waals surface area contributed by atoms with E-state index in [-0.39, 0.29) is 4.90 Å². The van der Waals surface area contributed by atoms with Gasteiger partial charge in [-0.1, -0.05) is 6.92 Å². The highest BCUT2D eigenvalue weighted by Gasteiger charge is 2.18. The summed E-state index contributed by atoms with van der Waals surface area (Å²) >= 11 is 0. The van der Waals surface area contributed by atoms with Crippen molar-refractivity contribution in [3.63, 3.8) is 0 Å². The number of H-pyrrole nitrogens is 1. The Hall–Kier alpha value is -1.44. The molecule has 2 rings (SSSR count). The van der Waals surface area contributed by atoms with Gasteiger partial charge in [0.2, 0.25) is 10.0 Å². The third-order valence-corrected chi connectivity index (χ3v) is 4.22. The molecule has 3 N–H and O–H groups in total. The Kier molecular flexibility index (Phi) is 4.52. The van der Waals surface area contributed by atoms with E-state index >= 15 is 0 Å². The lowest BCUT2D eigenvalue weighted by atomic mass is 10.3. The van der Waals surface area contributed by atoms with Gasteiger partial charge in [-0.2, -0.15) is 0 Å². The smallest absolute Gasteiger partial charge is 0.242 e. The lowest BCUT2D eigenvalue weighted by molar-refractivity contribution is 0.576.